The summed E-state index contributed by atoms with van der Waals surface area (Å²) in [7, 11) is 0. The van der Waals surface area contributed by atoms with E-state index in [0.29, 0.717) is 5.02 Å². The number of carbonyl (C=O) groups is 2. The van der Waals surface area contributed by atoms with Crippen LogP contribution in [-0.2, 0) is 11.2 Å². The van der Waals surface area contributed by atoms with Crippen molar-refractivity contribution in [2.75, 3.05) is 5.32 Å². The number of nitrogens with one attached hydrogen (secondary N) is 1. The summed E-state index contributed by atoms with van der Waals surface area (Å²) in [5.41, 5.74) is 1.12. The van der Waals surface area contributed by atoms with Gasteiger partial charge in [-0.25, -0.2) is 4.79 Å². The molecular formula is C13H10ClNO3S. The number of hydrogen-bond acceptors (Lipinski definition) is 3. The Hall–Kier alpha value is -1.85. The fourth-order valence-corrected chi connectivity index (χ4v) is 2.42. The second-order valence-electron chi connectivity index (χ2n) is 3.85. The number of carbonyl (C=O) groups excluding carboxylic acids is 1. The molecule has 2 aromatic rings. The molecule has 19 heavy (non-hydrogen) atoms. The molecule has 1 aromatic carbocycles. The summed E-state index contributed by atoms with van der Waals surface area (Å²) in [5, 5.41) is 15.7. The molecule has 0 radical (unpaired) electrons. The molecule has 1 aromatic heterocycles. The van der Waals surface area contributed by atoms with Crippen molar-refractivity contribution < 1.29 is 14.7 Å². The first-order valence-corrected chi connectivity index (χ1v) is 6.72. The van der Waals surface area contributed by atoms with Crippen LogP contribution in [0.2, 0.25) is 5.02 Å². The highest BCUT2D eigenvalue weighted by Gasteiger charge is 2.13. The molecule has 2 N–H and O–H groups in total. The molecule has 98 valence electrons. The number of anilines is 1. The zero-order valence-corrected chi connectivity index (χ0v) is 11.3. The number of rotatable bonds is 4. The Morgan fingerprint density at radius 3 is 2.74 bits per heavy atom. The van der Waals surface area contributed by atoms with Gasteiger partial charge in [-0.15, -0.1) is 0 Å². The molecule has 0 saturated carbocycles. The average molecular weight is 296 g/mol. The zero-order valence-electron chi connectivity index (χ0n) is 9.72. The lowest BCUT2D eigenvalue weighted by Gasteiger charge is -2.08. The predicted molar refractivity (Wildman–Crippen MR) is 75.1 cm³/mol. The van der Waals surface area contributed by atoms with Crippen molar-refractivity contribution in [3.8, 4) is 0 Å². The van der Waals surface area contributed by atoms with Crippen molar-refractivity contribution in [3.63, 3.8) is 0 Å². The van der Waals surface area contributed by atoms with Gasteiger partial charge in [-0.1, -0.05) is 11.6 Å². The van der Waals surface area contributed by atoms with Gasteiger partial charge in [0, 0.05) is 5.02 Å². The lowest BCUT2D eigenvalue weighted by Crippen LogP contribution is -2.16. The molecule has 0 unspecified atom stereocenters. The highest BCUT2D eigenvalue weighted by Crippen LogP contribution is 2.21. The molecule has 0 bridgehead atoms. The van der Waals surface area contributed by atoms with Crippen LogP contribution in [0, 0.1) is 0 Å². The predicted octanol–water partition coefficient (Wildman–Crippen LogP) is 3.28. The SMILES string of the molecule is O=C(Cc1ccsc1)Nc1ccc(Cl)cc1C(=O)O. The Kier molecular flexibility index (Phi) is 4.19. The second kappa shape index (κ2) is 5.86. The zero-order chi connectivity index (χ0) is 13.8. The molecule has 0 saturated heterocycles. The number of hydrogen-bond donors (Lipinski definition) is 2. The van der Waals surface area contributed by atoms with Gasteiger partial charge < -0.3 is 10.4 Å². The average Bonchev–Trinajstić information content (AvgIpc) is 2.83. The topological polar surface area (TPSA) is 66.4 Å². The van der Waals surface area contributed by atoms with Crippen molar-refractivity contribution in [1.82, 2.24) is 0 Å². The number of carboxylic acid groups (broad SMARTS) is 1. The molecule has 0 fully saturated rings. The third kappa shape index (κ3) is 3.56. The molecule has 4 nitrogen and oxygen atoms in total. The monoisotopic (exact) mass is 295 g/mol. The number of aromatic carboxylic acids is 1. The van der Waals surface area contributed by atoms with Gasteiger partial charge in [0.05, 0.1) is 17.7 Å². The van der Waals surface area contributed by atoms with E-state index in [-0.39, 0.29) is 23.6 Å². The fraction of sp³-hybridized carbons (Fsp3) is 0.0769. The van der Waals surface area contributed by atoms with Gasteiger partial charge in [0.2, 0.25) is 5.91 Å². The van der Waals surface area contributed by atoms with Crippen LogP contribution >= 0.6 is 22.9 Å². The van der Waals surface area contributed by atoms with Crippen LogP contribution in [0.1, 0.15) is 15.9 Å². The highest BCUT2D eigenvalue weighted by molar-refractivity contribution is 7.08. The van der Waals surface area contributed by atoms with E-state index in [1.54, 1.807) is 0 Å². The van der Waals surface area contributed by atoms with Gasteiger partial charge in [-0.05, 0) is 40.6 Å². The lowest BCUT2D eigenvalue weighted by molar-refractivity contribution is -0.115. The first kappa shape index (κ1) is 13.6. The third-order valence-electron chi connectivity index (χ3n) is 2.43. The van der Waals surface area contributed by atoms with Crippen LogP contribution in [0.5, 0.6) is 0 Å². The first-order chi connectivity index (χ1) is 9.06. The Morgan fingerprint density at radius 2 is 2.11 bits per heavy atom. The highest BCUT2D eigenvalue weighted by atomic mass is 35.5. The molecule has 6 heteroatoms. The molecule has 2 rings (SSSR count). The molecule has 0 aliphatic rings. The minimum absolute atomic E-state index is 0.0221. The molecule has 1 heterocycles. The van der Waals surface area contributed by atoms with Crippen molar-refractivity contribution in [2.24, 2.45) is 0 Å². The molecular weight excluding hydrogens is 286 g/mol. The Labute approximate surface area is 118 Å². The minimum Gasteiger partial charge on any atom is -0.478 e. The van der Waals surface area contributed by atoms with E-state index in [1.807, 2.05) is 16.8 Å². The van der Waals surface area contributed by atoms with Crippen LogP contribution in [0.3, 0.4) is 0 Å². The summed E-state index contributed by atoms with van der Waals surface area (Å²) in [6.07, 6.45) is 0.213. The largest absolute Gasteiger partial charge is 0.478 e. The smallest absolute Gasteiger partial charge is 0.337 e. The fourth-order valence-electron chi connectivity index (χ4n) is 1.58. The first-order valence-electron chi connectivity index (χ1n) is 5.40. The summed E-state index contributed by atoms with van der Waals surface area (Å²) in [5.74, 6) is -1.39. The minimum atomic E-state index is -1.13. The van der Waals surface area contributed by atoms with E-state index in [4.69, 9.17) is 16.7 Å². The van der Waals surface area contributed by atoms with Gasteiger partial charge in [0.25, 0.3) is 0 Å². The number of carboxylic acids is 1. The van der Waals surface area contributed by atoms with E-state index in [0.717, 1.165) is 5.56 Å². The van der Waals surface area contributed by atoms with Crippen LogP contribution < -0.4 is 5.32 Å². The normalized spacial score (nSPS) is 10.2. The summed E-state index contributed by atoms with van der Waals surface area (Å²) >= 11 is 7.24. The third-order valence-corrected chi connectivity index (χ3v) is 3.40. The number of amides is 1. The van der Waals surface area contributed by atoms with Gasteiger partial charge in [-0.3, -0.25) is 4.79 Å². The number of benzene rings is 1. The summed E-state index contributed by atoms with van der Waals surface area (Å²) < 4.78 is 0. The van der Waals surface area contributed by atoms with E-state index in [2.05, 4.69) is 5.32 Å². The van der Waals surface area contributed by atoms with Gasteiger partial charge in [-0.2, -0.15) is 11.3 Å². The van der Waals surface area contributed by atoms with Crippen LogP contribution in [0.15, 0.2) is 35.0 Å². The maximum atomic E-state index is 11.8. The van der Waals surface area contributed by atoms with Crippen LogP contribution in [0.25, 0.3) is 0 Å². The Bertz CT molecular complexity index is 610. The summed E-state index contributed by atoms with van der Waals surface area (Å²) in [6.45, 7) is 0. The van der Waals surface area contributed by atoms with Crippen molar-refractivity contribution in [2.45, 2.75) is 6.42 Å². The van der Waals surface area contributed by atoms with Gasteiger partial charge in [0.1, 0.15) is 0 Å². The molecule has 0 atom stereocenters. The maximum absolute atomic E-state index is 11.8. The van der Waals surface area contributed by atoms with E-state index in [1.165, 1.54) is 29.5 Å². The van der Waals surface area contributed by atoms with Gasteiger partial charge in [0.15, 0.2) is 0 Å². The number of thiophene rings is 1. The van der Waals surface area contributed by atoms with E-state index < -0.39 is 5.97 Å². The molecule has 0 aliphatic carbocycles. The van der Waals surface area contributed by atoms with E-state index >= 15 is 0 Å². The maximum Gasteiger partial charge on any atom is 0.337 e. The molecule has 0 spiro atoms. The van der Waals surface area contributed by atoms with Crippen LogP contribution in [-0.4, -0.2) is 17.0 Å². The molecule has 0 aliphatic heterocycles. The Morgan fingerprint density at radius 1 is 1.32 bits per heavy atom. The van der Waals surface area contributed by atoms with Gasteiger partial charge >= 0.3 is 5.97 Å². The lowest BCUT2D eigenvalue weighted by atomic mass is 10.1. The van der Waals surface area contributed by atoms with Crippen molar-refractivity contribution in [1.29, 1.82) is 0 Å². The van der Waals surface area contributed by atoms with Crippen molar-refractivity contribution in [3.05, 3.63) is 51.2 Å². The van der Waals surface area contributed by atoms with Crippen molar-refractivity contribution >= 4 is 40.5 Å². The van der Waals surface area contributed by atoms with E-state index in [9.17, 15) is 9.59 Å². The standard InChI is InChI=1S/C13H10ClNO3S/c14-9-1-2-11(10(6-9)13(17)18)15-12(16)5-8-3-4-19-7-8/h1-4,6-7H,5H2,(H,15,16)(H,17,18). The molecule has 1 amide bonds. The van der Waals surface area contributed by atoms with Crippen LogP contribution in [0.4, 0.5) is 5.69 Å². The number of halogens is 1. The summed E-state index contributed by atoms with van der Waals surface area (Å²) in [6, 6.07) is 6.18. The second-order valence-corrected chi connectivity index (χ2v) is 5.07. The Balaban J connectivity index is 2.14. The quantitative estimate of drug-likeness (QED) is 0.909. The summed E-state index contributed by atoms with van der Waals surface area (Å²) in [4.78, 5) is 22.9.